The van der Waals surface area contributed by atoms with Gasteiger partial charge in [-0.3, -0.25) is 0 Å². The van der Waals surface area contributed by atoms with E-state index in [0.29, 0.717) is 6.61 Å². The van der Waals surface area contributed by atoms with Gasteiger partial charge in [0.05, 0.1) is 0 Å². The van der Waals surface area contributed by atoms with Crippen molar-refractivity contribution in [3.8, 4) is 5.75 Å². The molecule has 0 N–H and O–H groups in total. The number of halogens is 1. The van der Waals surface area contributed by atoms with E-state index in [-0.39, 0.29) is 0 Å². The lowest BCUT2D eigenvalue weighted by Gasteiger charge is -2.08. The topological polar surface area (TPSA) is 9.23 Å². The molecule has 0 aliphatic carbocycles. The number of unbranched alkanes of at least 4 members (excludes halogenated alkanes) is 4. The van der Waals surface area contributed by atoms with E-state index in [2.05, 4.69) is 46.3 Å². The van der Waals surface area contributed by atoms with Crippen molar-refractivity contribution in [2.75, 3.05) is 5.33 Å². The largest absolute Gasteiger partial charge is 0.488 e. The molecule has 0 aliphatic heterocycles. The minimum Gasteiger partial charge on any atom is -0.488 e. The van der Waals surface area contributed by atoms with Gasteiger partial charge in [-0.05, 0) is 36.5 Å². The van der Waals surface area contributed by atoms with Gasteiger partial charge in [0.15, 0.2) is 0 Å². The summed E-state index contributed by atoms with van der Waals surface area (Å²) in [6.07, 6.45) is 7.65. The molecular formula is C20H24BrO. The van der Waals surface area contributed by atoms with Crippen molar-refractivity contribution in [3.05, 3.63) is 65.7 Å². The molecule has 117 valence electrons. The Hall–Kier alpha value is -1.28. The highest BCUT2D eigenvalue weighted by Gasteiger charge is 1.99. The third-order valence-corrected chi connectivity index (χ3v) is 4.24. The maximum absolute atomic E-state index is 5.83. The Bertz CT molecular complexity index is 524. The van der Waals surface area contributed by atoms with Crippen LogP contribution in [0.25, 0.3) is 0 Å². The van der Waals surface area contributed by atoms with Gasteiger partial charge >= 0.3 is 0 Å². The maximum atomic E-state index is 5.83. The van der Waals surface area contributed by atoms with E-state index in [9.17, 15) is 0 Å². The Balaban J connectivity index is 1.72. The summed E-state index contributed by atoms with van der Waals surface area (Å²) >= 11 is 3.48. The molecule has 0 heterocycles. The molecule has 0 saturated carbocycles. The molecule has 0 aliphatic rings. The highest BCUT2D eigenvalue weighted by molar-refractivity contribution is 9.09. The molecule has 2 heteroatoms. The fourth-order valence-electron chi connectivity index (χ4n) is 2.42. The molecule has 2 rings (SSSR count). The molecule has 1 radical (unpaired) electrons. The van der Waals surface area contributed by atoms with Crippen LogP contribution < -0.4 is 4.74 Å². The number of aryl methyl sites for hydroxylation is 1. The first-order valence-corrected chi connectivity index (χ1v) is 9.24. The van der Waals surface area contributed by atoms with Gasteiger partial charge in [0.2, 0.25) is 0 Å². The van der Waals surface area contributed by atoms with E-state index in [1.807, 2.05) is 24.3 Å². The van der Waals surface area contributed by atoms with Gasteiger partial charge in [0, 0.05) is 11.4 Å². The van der Waals surface area contributed by atoms with Crippen molar-refractivity contribution in [3.63, 3.8) is 0 Å². The predicted molar refractivity (Wildman–Crippen MR) is 96.6 cm³/mol. The number of ether oxygens (including phenoxy) is 1. The van der Waals surface area contributed by atoms with Gasteiger partial charge in [-0.25, -0.2) is 0 Å². The third kappa shape index (κ3) is 6.65. The van der Waals surface area contributed by atoms with Gasteiger partial charge in [-0.1, -0.05) is 77.7 Å². The Kier molecular flexibility index (Phi) is 8.11. The molecule has 2 aromatic carbocycles. The molecule has 22 heavy (non-hydrogen) atoms. The van der Waals surface area contributed by atoms with E-state index < -0.39 is 0 Å². The van der Waals surface area contributed by atoms with Crippen LogP contribution in [0.1, 0.15) is 43.2 Å². The monoisotopic (exact) mass is 359 g/mol. The first-order valence-electron chi connectivity index (χ1n) is 8.12. The fraction of sp³-hybridized carbons (Fsp3) is 0.400. The summed E-state index contributed by atoms with van der Waals surface area (Å²) < 4.78 is 5.83. The first kappa shape index (κ1) is 17.1. The van der Waals surface area contributed by atoms with Crippen LogP contribution in [0, 0.1) is 6.07 Å². The molecule has 1 nitrogen and oxygen atoms in total. The molecule has 0 fully saturated rings. The van der Waals surface area contributed by atoms with E-state index in [1.165, 1.54) is 43.2 Å². The second-order valence-corrected chi connectivity index (χ2v) is 6.34. The van der Waals surface area contributed by atoms with Crippen molar-refractivity contribution in [1.82, 2.24) is 0 Å². The summed E-state index contributed by atoms with van der Waals surface area (Å²) in [6.45, 7) is 0.605. The lowest BCUT2D eigenvalue weighted by Crippen LogP contribution is -1.96. The van der Waals surface area contributed by atoms with Crippen molar-refractivity contribution >= 4 is 15.9 Å². The molecule has 0 amide bonds. The van der Waals surface area contributed by atoms with Crippen molar-refractivity contribution < 1.29 is 4.74 Å². The number of rotatable bonds is 10. The summed E-state index contributed by atoms with van der Waals surface area (Å²) in [6, 6.07) is 19.7. The van der Waals surface area contributed by atoms with E-state index in [4.69, 9.17) is 4.74 Å². The minimum absolute atomic E-state index is 0.605. The van der Waals surface area contributed by atoms with Crippen LogP contribution >= 0.6 is 15.9 Å². The van der Waals surface area contributed by atoms with Crippen LogP contribution in [0.2, 0.25) is 0 Å². The zero-order valence-corrected chi connectivity index (χ0v) is 14.6. The van der Waals surface area contributed by atoms with Gasteiger partial charge < -0.3 is 4.74 Å². The van der Waals surface area contributed by atoms with E-state index in [1.54, 1.807) is 0 Å². The Labute approximate surface area is 142 Å². The highest BCUT2D eigenvalue weighted by atomic mass is 79.9. The van der Waals surface area contributed by atoms with Crippen LogP contribution in [0.5, 0.6) is 5.75 Å². The Morgan fingerprint density at radius 2 is 1.64 bits per heavy atom. The smallest absolute Gasteiger partial charge is 0.128 e. The number of hydrogen-bond donors (Lipinski definition) is 0. The van der Waals surface area contributed by atoms with Crippen molar-refractivity contribution in [1.29, 1.82) is 0 Å². The predicted octanol–water partition coefficient (Wildman–Crippen LogP) is 5.95. The van der Waals surface area contributed by atoms with E-state index >= 15 is 0 Å². The molecule has 0 saturated heterocycles. The SMILES string of the molecule is BrCCCCCCCc1cc[c]c(OCc2ccccc2)c1. The van der Waals surface area contributed by atoms with Crippen LogP contribution in [0.15, 0.2) is 48.5 Å². The van der Waals surface area contributed by atoms with Crippen LogP contribution in [-0.4, -0.2) is 5.33 Å². The number of benzene rings is 2. The normalized spacial score (nSPS) is 10.6. The number of hydrogen-bond acceptors (Lipinski definition) is 1. The summed E-state index contributed by atoms with van der Waals surface area (Å²) in [7, 11) is 0. The van der Waals surface area contributed by atoms with Gasteiger partial charge in [0.25, 0.3) is 0 Å². The minimum atomic E-state index is 0.605. The average molecular weight is 360 g/mol. The first-order chi connectivity index (χ1) is 10.9. The molecular weight excluding hydrogens is 336 g/mol. The Morgan fingerprint density at radius 1 is 0.864 bits per heavy atom. The van der Waals surface area contributed by atoms with Gasteiger partial charge in [-0.2, -0.15) is 0 Å². The third-order valence-electron chi connectivity index (χ3n) is 3.68. The summed E-state index contributed by atoms with van der Waals surface area (Å²) in [5, 5.41) is 1.13. The lowest BCUT2D eigenvalue weighted by molar-refractivity contribution is 0.305. The van der Waals surface area contributed by atoms with Crippen LogP contribution in [-0.2, 0) is 13.0 Å². The molecule has 0 unspecified atom stereocenters. The molecule has 2 aromatic rings. The summed E-state index contributed by atoms with van der Waals surface area (Å²) in [5.41, 5.74) is 2.54. The number of alkyl halides is 1. The second kappa shape index (κ2) is 10.4. The molecule has 0 atom stereocenters. The average Bonchev–Trinajstić information content (AvgIpc) is 2.57. The van der Waals surface area contributed by atoms with Crippen molar-refractivity contribution in [2.24, 2.45) is 0 Å². The fourth-order valence-corrected chi connectivity index (χ4v) is 2.81. The molecule has 0 aromatic heterocycles. The lowest BCUT2D eigenvalue weighted by atomic mass is 10.1. The zero-order chi connectivity index (χ0) is 15.5. The van der Waals surface area contributed by atoms with Gasteiger partial charge in [-0.15, -0.1) is 0 Å². The molecule has 0 bridgehead atoms. The van der Waals surface area contributed by atoms with Crippen molar-refractivity contribution in [2.45, 2.75) is 45.1 Å². The van der Waals surface area contributed by atoms with Crippen LogP contribution in [0.3, 0.4) is 0 Å². The van der Waals surface area contributed by atoms with E-state index in [0.717, 1.165) is 17.5 Å². The molecule has 0 spiro atoms. The second-order valence-electron chi connectivity index (χ2n) is 5.54. The summed E-state index contributed by atoms with van der Waals surface area (Å²) in [5.74, 6) is 0.848. The quantitative estimate of drug-likeness (QED) is 0.376. The van der Waals surface area contributed by atoms with Gasteiger partial charge in [0.1, 0.15) is 12.4 Å². The standard InChI is InChI=1S/C20H24BrO/c21-15-8-3-1-2-5-10-18-13-9-14-20(16-18)22-17-19-11-6-4-7-12-19/h4,6-7,9,11-13,16H,1-3,5,8,10,15,17H2. The summed E-state index contributed by atoms with van der Waals surface area (Å²) in [4.78, 5) is 0. The highest BCUT2D eigenvalue weighted by Crippen LogP contribution is 2.17. The Morgan fingerprint density at radius 3 is 2.45 bits per heavy atom. The maximum Gasteiger partial charge on any atom is 0.128 e. The van der Waals surface area contributed by atoms with Crippen LogP contribution in [0.4, 0.5) is 0 Å². The zero-order valence-electron chi connectivity index (χ0n) is 13.1.